The maximum absolute atomic E-state index is 10.1. The highest BCUT2D eigenvalue weighted by atomic mass is 16.3. The summed E-state index contributed by atoms with van der Waals surface area (Å²) in [6.45, 7) is 0. The second-order valence-corrected chi connectivity index (χ2v) is 4.83. The molecule has 1 fully saturated rings. The molecule has 1 nitrogen and oxygen atoms in total. The van der Waals surface area contributed by atoms with E-state index in [1.54, 1.807) is 0 Å². The number of aliphatic hydroxyl groups is 1. The third kappa shape index (κ3) is 3.54. The van der Waals surface area contributed by atoms with Gasteiger partial charge >= 0.3 is 0 Å². The summed E-state index contributed by atoms with van der Waals surface area (Å²) in [6.07, 6.45) is 7.41. The van der Waals surface area contributed by atoms with Gasteiger partial charge in [0.05, 0.1) is 0 Å². The lowest BCUT2D eigenvalue weighted by Crippen LogP contribution is -1.97. The first kappa shape index (κ1) is 13.9. The molecule has 1 aliphatic rings. The largest absolute Gasteiger partial charge is 0.376 e. The van der Waals surface area contributed by atoms with Crippen LogP contribution in [0.5, 0.6) is 0 Å². The summed E-state index contributed by atoms with van der Waals surface area (Å²) in [6, 6.07) is 17.5. The number of hydrogen-bond acceptors (Lipinski definition) is 1. The quantitative estimate of drug-likeness (QED) is 0.829. The molecule has 5 radical (unpaired) electrons. The Bertz CT molecular complexity index is 625. The van der Waals surface area contributed by atoms with Crippen molar-refractivity contribution in [1.29, 1.82) is 0 Å². The van der Waals surface area contributed by atoms with E-state index in [-0.39, 0.29) is 0 Å². The zero-order valence-corrected chi connectivity index (χ0v) is 11.5. The normalized spacial score (nSPS) is 16.2. The molecule has 1 heteroatoms. The molecular formula is C20H15O. The number of rotatable bonds is 2. The second kappa shape index (κ2) is 6.61. The molecule has 101 valence electrons. The monoisotopic (exact) mass is 271 g/mol. The van der Waals surface area contributed by atoms with Crippen molar-refractivity contribution in [2.24, 2.45) is 0 Å². The Morgan fingerprint density at radius 3 is 2.14 bits per heavy atom. The van der Waals surface area contributed by atoms with Gasteiger partial charge in [0.2, 0.25) is 0 Å². The van der Waals surface area contributed by atoms with Crippen molar-refractivity contribution in [2.45, 2.75) is 6.10 Å². The fraction of sp³-hybridized carbons (Fsp3) is 0.0500. The lowest BCUT2D eigenvalue weighted by Gasteiger charge is -2.10. The molecule has 1 unspecified atom stereocenters. The third-order valence-corrected chi connectivity index (χ3v) is 3.35. The summed E-state index contributed by atoms with van der Waals surface area (Å²) >= 11 is 0. The van der Waals surface area contributed by atoms with Crippen LogP contribution in [0, 0.1) is 43.4 Å². The predicted octanol–water partition coefficient (Wildman–Crippen LogP) is 3.53. The first-order valence-corrected chi connectivity index (χ1v) is 6.89. The molecule has 2 aromatic rings. The van der Waals surface area contributed by atoms with Gasteiger partial charge in [-0.2, -0.15) is 0 Å². The van der Waals surface area contributed by atoms with Gasteiger partial charge in [-0.1, -0.05) is 54.3 Å². The minimum absolute atomic E-state index is 0.765. The SMILES string of the molecule is OC(C#Cc1ccccc1)c1ccc([C]2[CH][CH][CH][CH]2)cc1. The number of aliphatic hydroxyl groups excluding tert-OH is 1. The Hall–Kier alpha value is -2.04. The molecule has 0 spiro atoms. The zero-order chi connectivity index (χ0) is 14.5. The van der Waals surface area contributed by atoms with Gasteiger partial charge in [0.25, 0.3) is 0 Å². The van der Waals surface area contributed by atoms with E-state index in [1.807, 2.05) is 67.4 Å². The fourth-order valence-electron chi connectivity index (χ4n) is 2.18. The highest BCUT2D eigenvalue weighted by Gasteiger charge is 2.18. The summed E-state index contributed by atoms with van der Waals surface area (Å²) < 4.78 is 0. The van der Waals surface area contributed by atoms with Crippen LogP contribution in [-0.2, 0) is 0 Å². The van der Waals surface area contributed by atoms with Crippen LogP contribution in [0.25, 0.3) is 0 Å². The van der Waals surface area contributed by atoms with Crippen LogP contribution in [0.2, 0.25) is 0 Å². The molecule has 1 aliphatic carbocycles. The van der Waals surface area contributed by atoms with Gasteiger partial charge in [-0.25, -0.2) is 0 Å². The molecule has 0 amide bonds. The smallest absolute Gasteiger partial charge is 0.140 e. The molecular weight excluding hydrogens is 256 g/mol. The minimum atomic E-state index is -0.765. The highest BCUT2D eigenvalue weighted by Crippen LogP contribution is 2.30. The summed E-state index contributed by atoms with van der Waals surface area (Å²) in [4.78, 5) is 0. The molecule has 2 aromatic carbocycles. The number of hydrogen-bond donors (Lipinski definition) is 1. The summed E-state index contributed by atoms with van der Waals surface area (Å²) in [5.41, 5.74) is 2.87. The topological polar surface area (TPSA) is 20.2 Å². The van der Waals surface area contributed by atoms with E-state index in [2.05, 4.69) is 24.7 Å². The first-order valence-electron chi connectivity index (χ1n) is 6.89. The molecule has 0 aromatic heterocycles. The van der Waals surface area contributed by atoms with Crippen molar-refractivity contribution in [3.05, 3.63) is 103 Å². The maximum Gasteiger partial charge on any atom is 0.140 e. The summed E-state index contributed by atoms with van der Waals surface area (Å²) in [7, 11) is 0. The average Bonchev–Trinajstić information content (AvgIpc) is 3.08. The average molecular weight is 271 g/mol. The Morgan fingerprint density at radius 2 is 1.48 bits per heavy atom. The van der Waals surface area contributed by atoms with Gasteiger partial charge in [-0.15, -0.1) is 0 Å². The molecule has 1 N–H and O–H groups in total. The molecule has 0 aliphatic heterocycles. The van der Waals surface area contributed by atoms with E-state index in [0.29, 0.717) is 0 Å². The van der Waals surface area contributed by atoms with Crippen LogP contribution >= 0.6 is 0 Å². The van der Waals surface area contributed by atoms with Crippen molar-refractivity contribution in [3.8, 4) is 11.8 Å². The Balaban J connectivity index is 1.70. The van der Waals surface area contributed by atoms with Crippen molar-refractivity contribution in [2.75, 3.05) is 0 Å². The van der Waals surface area contributed by atoms with Crippen LogP contribution < -0.4 is 0 Å². The van der Waals surface area contributed by atoms with Crippen LogP contribution in [0.1, 0.15) is 22.8 Å². The van der Waals surface area contributed by atoms with Crippen molar-refractivity contribution < 1.29 is 5.11 Å². The lowest BCUT2D eigenvalue weighted by atomic mass is 9.96. The standard InChI is InChI=1S/C20H15O/c21-20(15-10-16-6-2-1-3-7-16)19-13-11-18(12-14-19)17-8-4-5-9-17/h1-9,11-14,20-21H. The minimum Gasteiger partial charge on any atom is -0.376 e. The van der Waals surface area contributed by atoms with E-state index < -0.39 is 6.10 Å². The van der Waals surface area contributed by atoms with E-state index >= 15 is 0 Å². The van der Waals surface area contributed by atoms with Crippen LogP contribution in [-0.4, -0.2) is 5.11 Å². The van der Waals surface area contributed by atoms with E-state index in [9.17, 15) is 5.11 Å². The van der Waals surface area contributed by atoms with Crippen LogP contribution in [0.3, 0.4) is 0 Å². The molecule has 3 rings (SSSR count). The first-order chi connectivity index (χ1) is 10.3. The molecule has 1 saturated carbocycles. The van der Waals surface area contributed by atoms with E-state index in [4.69, 9.17) is 0 Å². The predicted molar refractivity (Wildman–Crippen MR) is 84.3 cm³/mol. The van der Waals surface area contributed by atoms with Crippen molar-refractivity contribution >= 4 is 0 Å². The lowest BCUT2D eigenvalue weighted by molar-refractivity contribution is 0.238. The Morgan fingerprint density at radius 1 is 0.810 bits per heavy atom. The fourth-order valence-corrected chi connectivity index (χ4v) is 2.18. The molecule has 0 bridgehead atoms. The van der Waals surface area contributed by atoms with Crippen molar-refractivity contribution in [1.82, 2.24) is 0 Å². The third-order valence-electron chi connectivity index (χ3n) is 3.35. The van der Waals surface area contributed by atoms with E-state index in [1.165, 1.54) is 5.92 Å². The Labute approximate surface area is 126 Å². The van der Waals surface area contributed by atoms with Crippen LogP contribution in [0.4, 0.5) is 0 Å². The van der Waals surface area contributed by atoms with Gasteiger partial charge in [0, 0.05) is 11.5 Å². The molecule has 1 atom stereocenters. The maximum atomic E-state index is 10.1. The molecule has 0 heterocycles. The summed E-state index contributed by atoms with van der Waals surface area (Å²) in [5.74, 6) is 7.05. The van der Waals surface area contributed by atoms with Gasteiger partial charge < -0.3 is 5.11 Å². The highest BCUT2D eigenvalue weighted by molar-refractivity contribution is 5.50. The van der Waals surface area contributed by atoms with Gasteiger partial charge in [0.1, 0.15) is 6.10 Å². The second-order valence-electron chi connectivity index (χ2n) is 4.83. The van der Waals surface area contributed by atoms with Gasteiger partial charge in [-0.05, 0) is 48.9 Å². The summed E-state index contributed by atoms with van der Waals surface area (Å²) in [5, 5.41) is 10.1. The van der Waals surface area contributed by atoms with Crippen molar-refractivity contribution in [3.63, 3.8) is 0 Å². The van der Waals surface area contributed by atoms with E-state index in [0.717, 1.165) is 16.7 Å². The van der Waals surface area contributed by atoms with Gasteiger partial charge in [-0.3, -0.25) is 0 Å². The zero-order valence-electron chi connectivity index (χ0n) is 11.5. The van der Waals surface area contributed by atoms with Gasteiger partial charge in [0.15, 0.2) is 0 Å². The van der Waals surface area contributed by atoms with Crippen LogP contribution in [0.15, 0.2) is 54.6 Å². The molecule has 21 heavy (non-hydrogen) atoms. The Kier molecular flexibility index (Phi) is 4.38. The number of benzene rings is 2. The molecule has 0 saturated heterocycles.